The van der Waals surface area contributed by atoms with Gasteiger partial charge in [-0.3, -0.25) is 0 Å². The maximum absolute atomic E-state index is 13.5. The Morgan fingerprint density at radius 1 is 1.29 bits per heavy atom. The molecule has 1 aromatic heterocycles. The van der Waals surface area contributed by atoms with Crippen LogP contribution in [0, 0.1) is 24.1 Å². The molecule has 0 fully saturated rings. The number of allylic oxidation sites excluding steroid dienone is 1. The summed E-state index contributed by atoms with van der Waals surface area (Å²) in [5.41, 5.74) is 2.33. The second kappa shape index (κ2) is 7.45. The molecule has 140 valence electrons. The molecule has 1 aliphatic heterocycles. The Bertz CT molecular complexity index is 1140. The summed E-state index contributed by atoms with van der Waals surface area (Å²) in [6, 6.07) is 14.5. The predicted molar refractivity (Wildman–Crippen MR) is 108 cm³/mol. The van der Waals surface area contributed by atoms with E-state index in [0.29, 0.717) is 17.9 Å². The number of nitrogens with zero attached hydrogens (tertiary/aromatic N) is 2. The predicted octanol–water partition coefficient (Wildman–Crippen LogP) is 5.67. The van der Waals surface area contributed by atoms with Crippen molar-refractivity contribution in [2.75, 3.05) is 6.61 Å². The van der Waals surface area contributed by atoms with Crippen LogP contribution in [0.5, 0.6) is 5.75 Å². The molecular formula is C22H17FN2O2S. The van der Waals surface area contributed by atoms with E-state index in [1.54, 1.807) is 23.5 Å². The zero-order valence-corrected chi connectivity index (χ0v) is 16.2. The first kappa shape index (κ1) is 18.2. The molecule has 2 heterocycles. The van der Waals surface area contributed by atoms with E-state index in [0.717, 1.165) is 26.1 Å². The highest BCUT2D eigenvalue weighted by molar-refractivity contribution is 7.19. The lowest BCUT2D eigenvalue weighted by Gasteiger charge is -2.23. The minimum absolute atomic E-state index is 0.207. The lowest BCUT2D eigenvalue weighted by molar-refractivity contribution is 0.336. The van der Waals surface area contributed by atoms with Gasteiger partial charge in [-0.25, -0.2) is 4.39 Å². The highest BCUT2D eigenvalue weighted by Gasteiger charge is 2.35. The summed E-state index contributed by atoms with van der Waals surface area (Å²) in [5, 5.41) is 10.9. The molecule has 0 spiro atoms. The SMILES string of the molecule is CCO/C=N/C1=C(C#N)C(c2ccc(F)cc2)c2sc3c(C)cccc3c2O1. The van der Waals surface area contributed by atoms with Gasteiger partial charge in [-0.2, -0.15) is 10.3 Å². The van der Waals surface area contributed by atoms with Crippen LogP contribution in [0.1, 0.15) is 28.8 Å². The first-order chi connectivity index (χ1) is 13.6. The molecule has 4 rings (SSSR count). The monoisotopic (exact) mass is 392 g/mol. The summed E-state index contributed by atoms with van der Waals surface area (Å²) in [5.74, 6) is 0.208. The number of nitriles is 1. The number of thiophene rings is 1. The fraction of sp³-hybridized carbons (Fsp3) is 0.182. The Balaban J connectivity index is 1.96. The molecule has 1 unspecified atom stereocenters. The van der Waals surface area contributed by atoms with Crippen molar-refractivity contribution in [3.8, 4) is 11.8 Å². The van der Waals surface area contributed by atoms with Crippen molar-refractivity contribution >= 4 is 27.8 Å². The molecule has 6 heteroatoms. The maximum Gasteiger partial charge on any atom is 0.236 e. The largest absolute Gasteiger partial charge is 0.483 e. The minimum Gasteiger partial charge on any atom is -0.483 e. The van der Waals surface area contributed by atoms with Gasteiger partial charge < -0.3 is 9.47 Å². The van der Waals surface area contributed by atoms with Crippen molar-refractivity contribution in [2.45, 2.75) is 19.8 Å². The van der Waals surface area contributed by atoms with Crippen LogP contribution in [0.4, 0.5) is 4.39 Å². The molecular weight excluding hydrogens is 375 g/mol. The fourth-order valence-electron chi connectivity index (χ4n) is 3.30. The van der Waals surface area contributed by atoms with Crippen LogP contribution < -0.4 is 4.74 Å². The average Bonchev–Trinajstić information content (AvgIpc) is 3.07. The molecule has 3 aromatic rings. The first-order valence-corrected chi connectivity index (χ1v) is 9.69. The first-order valence-electron chi connectivity index (χ1n) is 8.87. The standard InChI is InChI=1S/C22H17FN2O2S/c1-3-26-12-25-22-17(11-24)18(14-7-9-15(23)10-8-14)21-19(27-22)16-6-4-5-13(2)20(16)28-21/h4-10,12,18H,3H2,1-2H3/b25-12+. The lowest BCUT2D eigenvalue weighted by Crippen LogP contribution is -2.14. The molecule has 0 saturated carbocycles. The Morgan fingerprint density at radius 2 is 2.07 bits per heavy atom. The van der Waals surface area contributed by atoms with Gasteiger partial charge in [-0.05, 0) is 43.2 Å². The number of aryl methyl sites for hydroxylation is 1. The van der Waals surface area contributed by atoms with Gasteiger partial charge in [0.05, 0.1) is 17.4 Å². The Morgan fingerprint density at radius 3 is 2.79 bits per heavy atom. The molecule has 0 radical (unpaired) electrons. The van der Waals surface area contributed by atoms with E-state index in [4.69, 9.17) is 9.47 Å². The van der Waals surface area contributed by atoms with Gasteiger partial charge in [0.15, 0.2) is 12.2 Å². The number of hydrogen-bond donors (Lipinski definition) is 0. The normalized spacial score (nSPS) is 16.1. The van der Waals surface area contributed by atoms with E-state index in [1.165, 1.54) is 18.5 Å². The molecule has 1 atom stereocenters. The number of ether oxygens (including phenoxy) is 2. The summed E-state index contributed by atoms with van der Waals surface area (Å²) in [4.78, 5) is 5.16. The van der Waals surface area contributed by atoms with Crippen molar-refractivity contribution < 1.29 is 13.9 Å². The number of aliphatic imine (C=N–C) groups is 1. The van der Waals surface area contributed by atoms with Crippen molar-refractivity contribution in [2.24, 2.45) is 4.99 Å². The average molecular weight is 392 g/mol. The van der Waals surface area contributed by atoms with Gasteiger partial charge in [0.2, 0.25) is 5.88 Å². The zero-order chi connectivity index (χ0) is 19.7. The second-order valence-electron chi connectivity index (χ2n) is 6.35. The molecule has 2 aromatic carbocycles. The van der Waals surface area contributed by atoms with Gasteiger partial charge in [0.25, 0.3) is 0 Å². The highest BCUT2D eigenvalue weighted by atomic mass is 32.1. The molecule has 28 heavy (non-hydrogen) atoms. The number of benzene rings is 2. The van der Waals surface area contributed by atoms with Gasteiger partial charge in [0, 0.05) is 10.1 Å². The van der Waals surface area contributed by atoms with E-state index >= 15 is 0 Å². The van der Waals surface area contributed by atoms with Crippen molar-refractivity contribution in [3.05, 3.63) is 75.7 Å². The van der Waals surface area contributed by atoms with E-state index in [1.807, 2.05) is 32.0 Å². The number of hydrogen-bond acceptors (Lipinski definition) is 5. The fourth-order valence-corrected chi connectivity index (χ4v) is 4.63. The topological polar surface area (TPSA) is 54.6 Å². The summed E-state index contributed by atoms with van der Waals surface area (Å²) in [6.45, 7) is 4.36. The number of fused-ring (bicyclic) bond motifs is 3. The Labute approximate surface area is 166 Å². The number of halogens is 1. The lowest BCUT2D eigenvalue weighted by atomic mass is 9.88. The van der Waals surface area contributed by atoms with Gasteiger partial charge in [-0.15, -0.1) is 11.3 Å². The molecule has 4 nitrogen and oxygen atoms in total. The van der Waals surface area contributed by atoms with Crippen LogP contribution >= 0.6 is 11.3 Å². The third-order valence-electron chi connectivity index (χ3n) is 4.61. The van der Waals surface area contributed by atoms with Gasteiger partial charge >= 0.3 is 0 Å². The smallest absolute Gasteiger partial charge is 0.236 e. The van der Waals surface area contributed by atoms with Crippen LogP contribution in [-0.4, -0.2) is 13.0 Å². The second-order valence-corrected chi connectivity index (χ2v) is 7.41. The van der Waals surface area contributed by atoms with Crippen LogP contribution in [0.15, 0.2) is 58.9 Å². The van der Waals surface area contributed by atoms with Crippen molar-refractivity contribution in [1.29, 1.82) is 5.26 Å². The summed E-state index contributed by atoms with van der Waals surface area (Å²) >= 11 is 1.60. The van der Waals surface area contributed by atoms with E-state index in [9.17, 15) is 9.65 Å². The zero-order valence-electron chi connectivity index (χ0n) is 15.4. The summed E-state index contributed by atoms with van der Waals surface area (Å²) in [6.07, 6.45) is 1.29. The third-order valence-corrected chi connectivity index (χ3v) is 5.99. The van der Waals surface area contributed by atoms with Crippen molar-refractivity contribution in [3.63, 3.8) is 0 Å². The summed E-state index contributed by atoms with van der Waals surface area (Å²) < 4.78 is 25.9. The van der Waals surface area contributed by atoms with Crippen LogP contribution in [0.2, 0.25) is 0 Å². The van der Waals surface area contributed by atoms with E-state index in [-0.39, 0.29) is 17.6 Å². The van der Waals surface area contributed by atoms with Crippen LogP contribution in [-0.2, 0) is 4.74 Å². The quantitative estimate of drug-likeness (QED) is 0.424. The van der Waals surface area contributed by atoms with Gasteiger partial charge in [-0.1, -0.05) is 24.3 Å². The molecule has 0 bridgehead atoms. The molecule has 0 saturated heterocycles. The Hall–Kier alpha value is -3.17. The molecule has 1 aliphatic rings. The summed E-state index contributed by atoms with van der Waals surface area (Å²) in [7, 11) is 0. The molecule has 0 amide bonds. The van der Waals surface area contributed by atoms with Crippen LogP contribution in [0.25, 0.3) is 10.1 Å². The maximum atomic E-state index is 13.5. The van der Waals surface area contributed by atoms with Gasteiger partial charge in [0.1, 0.15) is 17.5 Å². The van der Waals surface area contributed by atoms with E-state index < -0.39 is 0 Å². The highest BCUT2D eigenvalue weighted by Crippen LogP contribution is 2.51. The minimum atomic E-state index is -0.375. The van der Waals surface area contributed by atoms with Crippen LogP contribution in [0.3, 0.4) is 0 Å². The number of rotatable bonds is 4. The molecule has 0 N–H and O–H groups in total. The third kappa shape index (κ3) is 3.04. The van der Waals surface area contributed by atoms with Crippen molar-refractivity contribution in [1.82, 2.24) is 0 Å². The van der Waals surface area contributed by atoms with E-state index in [2.05, 4.69) is 11.1 Å². The Kier molecular flexibility index (Phi) is 4.84. The molecule has 0 aliphatic carbocycles.